The maximum atomic E-state index is 8.82. The van der Waals surface area contributed by atoms with Crippen LogP contribution in [0.25, 0.3) is 0 Å². The summed E-state index contributed by atoms with van der Waals surface area (Å²) in [6, 6.07) is 8.20. The zero-order chi connectivity index (χ0) is 14.2. The summed E-state index contributed by atoms with van der Waals surface area (Å²) >= 11 is 0. The van der Waals surface area contributed by atoms with Crippen molar-refractivity contribution in [1.29, 1.82) is 0 Å². The number of methoxy groups -OCH3 is 1. The second kappa shape index (κ2) is 8.06. The first-order chi connectivity index (χ1) is 9.83. The van der Waals surface area contributed by atoms with E-state index in [0.717, 1.165) is 31.8 Å². The molecule has 1 aromatic carbocycles. The Hall–Kier alpha value is -1.34. The topological polar surface area (TPSA) is 32.7 Å². The second-order valence-corrected chi connectivity index (χ2v) is 5.29. The van der Waals surface area contributed by atoms with Crippen LogP contribution in [0.2, 0.25) is 0 Å². The zero-order valence-electron chi connectivity index (χ0n) is 12.1. The Bertz CT molecular complexity index is 467. The van der Waals surface area contributed by atoms with Gasteiger partial charge >= 0.3 is 0 Å². The third-order valence-electron chi connectivity index (χ3n) is 3.82. The van der Waals surface area contributed by atoms with Crippen molar-refractivity contribution in [2.24, 2.45) is 5.92 Å². The molecule has 1 aromatic rings. The first kappa shape index (κ1) is 15.1. The number of piperidine rings is 1. The molecule has 1 aliphatic rings. The summed E-state index contributed by atoms with van der Waals surface area (Å²) in [6.45, 7) is 3.98. The van der Waals surface area contributed by atoms with Gasteiger partial charge in [-0.15, -0.1) is 0 Å². The van der Waals surface area contributed by atoms with Crippen LogP contribution in [0.5, 0.6) is 0 Å². The predicted molar refractivity (Wildman–Crippen MR) is 80.3 cm³/mol. The standard InChI is InChI=1S/C17H23NO2/c1-20-14-15-8-10-18(11-9-15)13-17-6-3-2-5-16(17)7-4-12-19/h2-3,5-6,15,19H,8-14H2,1H3. The molecule has 20 heavy (non-hydrogen) atoms. The number of hydrogen-bond donors (Lipinski definition) is 1. The number of hydrogen-bond acceptors (Lipinski definition) is 3. The highest BCUT2D eigenvalue weighted by atomic mass is 16.5. The number of nitrogens with zero attached hydrogens (tertiary/aromatic N) is 1. The molecule has 0 spiro atoms. The van der Waals surface area contributed by atoms with Crippen molar-refractivity contribution >= 4 is 0 Å². The molecule has 1 N–H and O–H groups in total. The van der Waals surface area contributed by atoms with Gasteiger partial charge in [0.25, 0.3) is 0 Å². The average molecular weight is 273 g/mol. The Morgan fingerprint density at radius 2 is 2.05 bits per heavy atom. The summed E-state index contributed by atoms with van der Waals surface area (Å²) < 4.78 is 5.24. The van der Waals surface area contributed by atoms with E-state index in [1.54, 1.807) is 7.11 Å². The van der Waals surface area contributed by atoms with E-state index >= 15 is 0 Å². The fourth-order valence-electron chi connectivity index (χ4n) is 2.70. The van der Waals surface area contributed by atoms with Crippen LogP contribution in [0.15, 0.2) is 24.3 Å². The van der Waals surface area contributed by atoms with E-state index in [4.69, 9.17) is 9.84 Å². The van der Waals surface area contributed by atoms with Crippen LogP contribution in [0.1, 0.15) is 24.0 Å². The van der Waals surface area contributed by atoms with Crippen LogP contribution in [0.3, 0.4) is 0 Å². The molecule has 0 atom stereocenters. The smallest absolute Gasteiger partial charge is 0.104 e. The molecule has 0 aromatic heterocycles. The van der Waals surface area contributed by atoms with Gasteiger partial charge in [-0.05, 0) is 43.5 Å². The molecule has 0 amide bonds. The minimum absolute atomic E-state index is 0.0866. The van der Waals surface area contributed by atoms with Gasteiger partial charge in [-0.25, -0.2) is 0 Å². The lowest BCUT2D eigenvalue weighted by molar-refractivity contribution is 0.0968. The summed E-state index contributed by atoms with van der Waals surface area (Å²) in [5.41, 5.74) is 2.28. The van der Waals surface area contributed by atoms with Crippen molar-refractivity contribution in [3.8, 4) is 11.8 Å². The molecule has 2 rings (SSSR count). The lowest BCUT2D eigenvalue weighted by Crippen LogP contribution is -2.34. The molecule has 1 fully saturated rings. The van der Waals surface area contributed by atoms with Gasteiger partial charge in [0, 0.05) is 25.8 Å². The summed E-state index contributed by atoms with van der Waals surface area (Å²) in [7, 11) is 1.78. The predicted octanol–water partition coefficient (Wildman–Crippen LogP) is 1.89. The highest BCUT2D eigenvalue weighted by Gasteiger charge is 2.19. The van der Waals surface area contributed by atoms with Crippen molar-refractivity contribution in [1.82, 2.24) is 4.90 Å². The molecule has 0 unspecified atom stereocenters. The quantitative estimate of drug-likeness (QED) is 0.850. The third-order valence-corrected chi connectivity index (χ3v) is 3.82. The lowest BCUT2D eigenvalue weighted by Gasteiger charge is -2.31. The zero-order valence-corrected chi connectivity index (χ0v) is 12.1. The molecule has 3 heteroatoms. The van der Waals surface area contributed by atoms with Crippen LogP contribution >= 0.6 is 0 Å². The van der Waals surface area contributed by atoms with Crippen LogP contribution in [-0.4, -0.2) is 43.4 Å². The van der Waals surface area contributed by atoms with E-state index < -0.39 is 0 Å². The van der Waals surface area contributed by atoms with E-state index in [2.05, 4.69) is 28.9 Å². The van der Waals surface area contributed by atoms with Gasteiger partial charge in [0.15, 0.2) is 0 Å². The van der Waals surface area contributed by atoms with Crippen LogP contribution in [-0.2, 0) is 11.3 Å². The van der Waals surface area contributed by atoms with Crippen molar-refractivity contribution < 1.29 is 9.84 Å². The van der Waals surface area contributed by atoms with E-state index in [0.29, 0.717) is 5.92 Å². The highest BCUT2D eigenvalue weighted by Crippen LogP contribution is 2.20. The molecular weight excluding hydrogens is 250 g/mol. The maximum absolute atomic E-state index is 8.82. The van der Waals surface area contributed by atoms with Gasteiger partial charge in [-0.2, -0.15) is 0 Å². The summed E-state index contributed by atoms with van der Waals surface area (Å²) in [6.07, 6.45) is 2.41. The number of benzene rings is 1. The fourth-order valence-corrected chi connectivity index (χ4v) is 2.70. The first-order valence-corrected chi connectivity index (χ1v) is 7.22. The Kier molecular flexibility index (Phi) is 6.07. The molecule has 3 nitrogen and oxygen atoms in total. The Balaban J connectivity index is 1.94. The van der Waals surface area contributed by atoms with Gasteiger partial charge in [0.2, 0.25) is 0 Å². The second-order valence-electron chi connectivity index (χ2n) is 5.29. The van der Waals surface area contributed by atoms with Crippen LogP contribution in [0.4, 0.5) is 0 Å². The Morgan fingerprint density at radius 3 is 2.75 bits per heavy atom. The molecular formula is C17H23NO2. The Labute approximate surface area is 121 Å². The summed E-state index contributed by atoms with van der Waals surface area (Å²) in [4.78, 5) is 2.48. The van der Waals surface area contributed by atoms with E-state index in [1.807, 2.05) is 12.1 Å². The van der Waals surface area contributed by atoms with Crippen molar-refractivity contribution in [2.75, 3.05) is 33.4 Å². The highest BCUT2D eigenvalue weighted by molar-refractivity contribution is 5.41. The van der Waals surface area contributed by atoms with Crippen LogP contribution in [0, 0.1) is 17.8 Å². The number of aliphatic hydroxyl groups excluding tert-OH is 1. The average Bonchev–Trinajstić information content (AvgIpc) is 2.49. The van der Waals surface area contributed by atoms with Gasteiger partial charge in [-0.1, -0.05) is 30.0 Å². The SMILES string of the molecule is COCC1CCN(Cc2ccccc2C#CCO)CC1. The normalized spacial score (nSPS) is 16.7. The van der Waals surface area contributed by atoms with E-state index in [1.165, 1.54) is 18.4 Å². The number of ether oxygens (including phenoxy) is 1. The van der Waals surface area contributed by atoms with Gasteiger partial charge in [0.1, 0.15) is 6.61 Å². The largest absolute Gasteiger partial charge is 0.384 e. The van der Waals surface area contributed by atoms with Gasteiger partial charge in [0.05, 0.1) is 0 Å². The molecule has 0 radical (unpaired) electrons. The van der Waals surface area contributed by atoms with Crippen LogP contribution < -0.4 is 0 Å². The van der Waals surface area contributed by atoms with Gasteiger partial charge in [-0.3, -0.25) is 4.90 Å². The monoisotopic (exact) mass is 273 g/mol. The minimum Gasteiger partial charge on any atom is -0.384 e. The summed E-state index contributed by atoms with van der Waals surface area (Å²) in [5.74, 6) is 6.48. The molecule has 1 saturated heterocycles. The maximum Gasteiger partial charge on any atom is 0.104 e. The molecule has 0 bridgehead atoms. The molecule has 0 saturated carbocycles. The molecule has 108 valence electrons. The number of likely N-dealkylation sites (tertiary alicyclic amines) is 1. The molecule has 1 aliphatic heterocycles. The molecule has 1 heterocycles. The van der Waals surface area contributed by atoms with Crippen molar-refractivity contribution in [3.63, 3.8) is 0 Å². The fraction of sp³-hybridized carbons (Fsp3) is 0.529. The van der Waals surface area contributed by atoms with Crippen molar-refractivity contribution in [2.45, 2.75) is 19.4 Å². The molecule has 0 aliphatic carbocycles. The number of rotatable bonds is 4. The Morgan fingerprint density at radius 1 is 1.30 bits per heavy atom. The third kappa shape index (κ3) is 4.35. The van der Waals surface area contributed by atoms with E-state index in [9.17, 15) is 0 Å². The van der Waals surface area contributed by atoms with Crippen molar-refractivity contribution in [3.05, 3.63) is 35.4 Å². The summed E-state index contributed by atoms with van der Waals surface area (Å²) in [5, 5.41) is 8.82. The van der Waals surface area contributed by atoms with Gasteiger partial charge < -0.3 is 9.84 Å². The number of aliphatic hydroxyl groups is 1. The minimum atomic E-state index is -0.0866. The lowest BCUT2D eigenvalue weighted by atomic mass is 9.97. The van der Waals surface area contributed by atoms with E-state index in [-0.39, 0.29) is 6.61 Å². The first-order valence-electron chi connectivity index (χ1n) is 7.22.